The van der Waals surface area contributed by atoms with E-state index in [1.165, 1.54) is 17.2 Å². The fourth-order valence-corrected chi connectivity index (χ4v) is 3.26. The van der Waals surface area contributed by atoms with Crippen molar-refractivity contribution in [1.82, 2.24) is 19.5 Å². The first kappa shape index (κ1) is 19.6. The Balaban J connectivity index is 1.73. The first-order chi connectivity index (χ1) is 12.7. The van der Waals surface area contributed by atoms with Gasteiger partial charge in [-0.1, -0.05) is 0 Å². The third-order valence-electron chi connectivity index (χ3n) is 3.82. The summed E-state index contributed by atoms with van der Waals surface area (Å²) in [7, 11) is -4.71. The van der Waals surface area contributed by atoms with Crippen LogP contribution in [0.5, 0.6) is 0 Å². The summed E-state index contributed by atoms with van der Waals surface area (Å²) in [6.07, 6.45) is -2.70. The number of aliphatic hydroxyl groups is 2. The number of nitrogen functional groups attached to an aromatic ring is 1. The number of carbonyl (C=O) groups excluding carboxylic acids is 1. The summed E-state index contributed by atoms with van der Waals surface area (Å²) in [4.78, 5) is 32.4. The SMILES string of the molecule is Nc1ncnc2c1ncn2[C@@H]1O[C@H](COP(=O)(O)OC(=O)C[NH3+])[C@@H](O)[C@H]1O. The van der Waals surface area contributed by atoms with Gasteiger partial charge in [0.2, 0.25) is 0 Å². The largest absolute Gasteiger partial charge is 0.529 e. The molecule has 0 spiro atoms. The Morgan fingerprint density at radius 2 is 2.11 bits per heavy atom. The van der Waals surface area contributed by atoms with Gasteiger partial charge in [0.25, 0.3) is 0 Å². The maximum Gasteiger partial charge on any atom is 0.529 e. The number of rotatable bonds is 6. The zero-order valence-electron chi connectivity index (χ0n) is 13.8. The van der Waals surface area contributed by atoms with Crippen molar-refractivity contribution >= 4 is 30.8 Å². The van der Waals surface area contributed by atoms with Crippen LogP contribution in [0.25, 0.3) is 11.2 Å². The topological polar surface area (TPSA) is 220 Å². The summed E-state index contributed by atoms with van der Waals surface area (Å²) >= 11 is 0. The highest BCUT2D eigenvalue weighted by Crippen LogP contribution is 2.44. The van der Waals surface area contributed by atoms with E-state index in [4.69, 9.17) is 10.5 Å². The van der Waals surface area contributed by atoms with E-state index in [1.54, 1.807) is 0 Å². The lowest BCUT2D eigenvalue weighted by atomic mass is 10.1. The van der Waals surface area contributed by atoms with Gasteiger partial charge >= 0.3 is 13.8 Å². The molecule has 2 aromatic heterocycles. The van der Waals surface area contributed by atoms with Crippen LogP contribution >= 0.6 is 7.82 Å². The molecular formula is C12H18N6O8P+. The second kappa shape index (κ2) is 7.44. The molecule has 3 rings (SSSR count). The van der Waals surface area contributed by atoms with Crippen molar-refractivity contribution in [3.05, 3.63) is 12.7 Å². The average molecular weight is 405 g/mol. The number of nitrogens with zero attached hydrogens (tertiary/aromatic N) is 4. The van der Waals surface area contributed by atoms with E-state index in [0.29, 0.717) is 0 Å². The van der Waals surface area contributed by atoms with Crippen LogP contribution in [0.4, 0.5) is 5.82 Å². The Hall–Kier alpha value is -2.19. The summed E-state index contributed by atoms with van der Waals surface area (Å²) in [6, 6.07) is 0. The van der Waals surface area contributed by atoms with E-state index in [2.05, 4.69) is 29.7 Å². The number of anilines is 1. The number of aliphatic hydroxyl groups excluding tert-OH is 2. The fourth-order valence-electron chi connectivity index (χ4n) is 2.52. The number of aromatic nitrogens is 4. The predicted molar refractivity (Wildman–Crippen MR) is 85.3 cm³/mol. The van der Waals surface area contributed by atoms with E-state index >= 15 is 0 Å². The molecule has 15 heteroatoms. The van der Waals surface area contributed by atoms with E-state index in [-0.39, 0.29) is 23.5 Å². The van der Waals surface area contributed by atoms with Crippen molar-refractivity contribution in [1.29, 1.82) is 0 Å². The summed E-state index contributed by atoms with van der Waals surface area (Å²) in [5.41, 5.74) is 9.45. The first-order valence-electron chi connectivity index (χ1n) is 7.67. The van der Waals surface area contributed by atoms with Gasteiger partial charge in [-0.2, -0.15) is 0 Å². The number of ether oxygens (including phenoxy) is 1. The number of nitrogens with two attached hydrogens (primary N) is 1. The summed E-state index contributed by atoms with van der Waals surface area (Å²) < 4.78 is 27.4. The Labute approximate surface area is 151 Å². The minimum Gasteiger partial charge on any atom is -0.387 e. The minimum atomic E-state index is -4.71. The molecule has 3 heterocycles. The van der Waals surface area contributed by atoms with Crippen LogP contribution in [0.2, 0.25) is 0 Å². The monoisotopic (exact) mass is 405 g/mol. The smallest absolute Gasteiger partial charge is 0.387 e. The zero-order valence-corrected chi connectivity index (χ0v) is 14.7. The molecule has 1 saturated heterocycles. The van der Waals surface area contributed by atoms with E-state index < -0.39 is 44.9 Å². The quantitative estimate of drug-likeness (QED) is 0.302. The highest BCUT2D eigenvalue weighted by Gasteiger charge is 2.45. The van der Waals surface area contributed by atoms with Gasteiger partial charge < -0.3 is 30.9 Å². The second-order valence-corrected chi connectivity index (χ2v) is 6.98. The molecule has 0 bridgehead atoms. The Morgan fingerprint density at radius 1 is 1.37 bits per heavy atom. The molecule has 1 aliphatic heterocycles. The van der Waals surface area contributed by atoms with Crippen LogP contribution in [0, 0.1) is 0 Å². The van der Waals surface area contributed by atoms with Crippen LogP contribution < -0.4 is 11.5 Å². The van der Waals surface area contributed by atoms with Crippen molar-refractivity contribution in [2.24, 2.45) is 0 Å². The molecule has 27 heavy (non-hydrogen) atoms. The van der Waals surface area contributed by atoms with Gasteiger partial charge in [-0.15, -0.1) is 0 Å². The molecule has 0 aromatic carbocycles. The number of fused-ring (bicyclic) bond motifs is 1. The van der Waals surface area contributed by atoms with Crippen LogP contribution in [0.15, 0.2) is 12.7 Å². The number of phosphoric ester groups is 1. The Morgan fingerprint density at radius 3 is 2.81 bits per heavy atom. The molecule has 2 aromatic rings. The molecule has 0 radical (unpaired) electrons. The minimum absolute atomic E-state index is 0.125. The number of quaternary nitrogens is 1. The number of hydrogen-bond donors (Lipinski definition) is 5. The molecule has 0 aliphatic carbocycles. The lowest BCUT2D eigenvalue weighted by Gasteiger charge is -2.17. The average Bonchev–Trinajstić information content (AvgIpc) is 3.16. The normalized spacial score (nSPS) is 27.6. The molecular weight excluding hydrogens is 387 g/mol. The highest BCUT2D eigenvalue weighted by molar-refractivity contribution is 7.48. The number of phosphoric acid groups is 1. The van der Waals surface area contributed by atoms with Gasteiger partial charge in [0, 0.05) is 0 Å². The third-order valence-corrected chi connectivity index (χ3v) is 4.73. The van der Waals surface area contributed by atoms with E-state index in [9.17, 15) is 24.5 Å². The summed E-state index contributed by atoms with van der Waals surface area (Å²) in [5.74, 6) is -0.908. The molecule has 0 saturated carbocycles. The second-order valence-electron chi connectivity index (χ2n) is 5.61. The molecule has 8 N–H and O–H groups in total. The summed E-state index contributed by atoms with van der Waals surface area (Å²) in [5, 5.41) is 20.4. The fraction of sp³-hybridized carbons (Fsp3) is 0.500. The van der Waals surface area contributed by atoms with Gasteiger partial charge in [0.05, 0.1) is 12.9 Å². The van der Waals surface area contributed by atoms with Crippen LogP contribution in [0.3, 0.4) is 0 Å². The Bertz CT molecular complexity index is 892. The van der Waals surface area contributed by atoms with Crippen molar-refractivity contribution in [2.45, 2.75) is 24.5 Å². The van der Waals surface area contributed by atoms with Crippen molar-refractivity contribution in [2.75, 3.05) is 18.9 Å². The van der Waals surface area contributed by atoms with E-state index in [0.717, 1.165) is 0 Å². The number of hydrogen-bond acceptors (Lipinski definition) is 11. The number of carbonyl (C=O) groups is 1. The van der Waals surface area contributed by atoms with Crippen LogP contribution in [-0.2, 0) is 23.1 Å². The van der Waals surface area contributed by atoms with Crippen molar-refractivity contribution in [3.63, 3.8) is 0 Å². The standard InChI is InChI=1S/C12H17N6O8P/c13-1-6(19)26-27(22,23)24-2-5-8(20)9(21)12(25-5)18-4-17-7-10(14)15-3-16-11(7)18/h3-5,8-9,12,20-21H,1-2,13H2,(H,22,23)(H2,14,15,16)/p+1/t5-,8-,9-,12-/m1/s1. The molecule has 1 unspecified atom stereocenters. The summed E-state index contributed by atoms with van der Waals surface area (Å²) in [6.45, 7) is -0.993. The van der Waals surface area contributed by atoms with Crippen LogP contribution in [0.1, 0.15) is 6.23 Å². The number of imidazole rings is 1. The van der Waals surface area contributed by atoms with Gasteiger partial charge in [-0.05, 0) is 0 Å². The Kier molecular flexibility index (Phi) is 5.39. The lowest BCUT2D eigenvalue weighted by Crippen LogP contribution is -2.54. The molecule has 14 nitrogen and oxygen atoms in total. The molecule has 1 aliphatic rings. The van der Waals surface area contributed by atoms with Crippen molar-refractivity contribution < 1.29 is 44.0 Å². The van der Waals surface area contributed by atoms with Crippen molar-refractivity contribution in [3.8, 4) is 0 Å². The zero-order chi connectivity index (χ0) is 19.8. The van der Waals surface area contributed by atoms with Gasteiger partial charge in [0.1, 0.15) is 30.2 Å². The maximum atomic E-state index is 11.7. The van der Waals surface area contributed by atoms with E-state index in [1.807, 2.05) is 0 Å². The maximum absolute atomic E-state index is 11.7. The first-order valence-corrected chi connectivity index (χ1v) is 9.16. The molecule has 148 valence electrons. The van der Waals surface area contributed by atoms with Crippen LogP contribution in [-0.4, -0.2) is 72.1 Å². The van der Waals surface area contributed by atoms with Gasteiger partial charge in [-0.3, -0.25) is 14.0 Å². The highest BCUT2D eigenvalue weighted by atomic mass is 31.2. The molecule has 5 atom stereocenters. The van der Waals surface area contributed by atoms with Gasteiger partial charge in [0.15, 0.2) is 24.2 Å². The van der Waals surface area contributed by atoms with Gasteiger partial charge in [-0.25, -0.2) is 24.3 Å². The predicted octanol–water partition coefficient (Wildman–Crippen LogP) is -3.07. The third kappa shape index (κ3) is 3.91. The molecule has 1 fully saturated rings. The lowest BCUT2D eigenvalue weighted by molar-refractivity contribution is -0.358. The molecule has 0 amide bonds.